The molecule has 0 saturated heterocycles. The lowest BCUT2D eigenvalue weighted by Gasteiger charge is -2.24. The van der Waals surface area contributed by atoms with Gasteiger partial charge in [-0.15, -0.1) is 0 Å². The van der Waals surface area contributed by atoms with Gasteiger partial charge in [0.15, 0.2) is 0 Å². The first-order valence-electron chi connectivity index (χ1n) is 6.67. The highest BCUT2D eigenvalue weighted by atomic mass is 79.9. The van der Waals surface area contributed by atoms with Crippen molar-refractivity contribution >= 4 is 27.3 Å². The number of nitrogens with two attached hydrogens (primary N) is 1. The average Bonchev–Trinajstić information content (AvgIpc) is 2.81. The van der Waals surface area contributed by atoms with Gasteiger partial charge in [-0.2, -0.15) is 0 Å². The Labute approximate surface area is 126 Å². The predicted molar refractivity (Wildman–Crippen MR) is 83.9 cm³/mol. The molecule has 0 bridgehead atoms. The van der Waals surface area contributed by atoms with E-state index in [2.05, 4.69) is 26.9 Å². The minimum Gasteiger partial charge on any atom is -0.341 e. The van der Waals surface area contributed by atoms with Crippen LogP contribution < -0.4 is 10.6 Å². The van der Waals surface area contributed by atoms with E-state index < -0.39 is 0 Å². The zero-order chi connectivity index (χ0) is 14.3. The molecule has 1 heterocycles. The average molecular weight is 335 g/mol. The molecule has 2 aromatic carbocycles. The van der Waals surface area contributed by atoms with Crippen LogP contribution in [0.15, 0.2) is 40.9 Å². The predicted octanol–water partition coefficient (Wildman–Crippen LogP) is 4.30. The van der Waals surface area contributed by atoms with Crippen molar-refractivity contribution in [3.8, 4) is 0 Å². The van der Waals surface area contributed by atoms with Crippen LogP contribution in [0, 0.1) is 5.82 Å². The molecule has 0 amide bonds. The molecule has 1 aliphatic rings. The summed E-state index contributed by atoms with van der Waals surface area (Å²) in [5.41, 5.74) is 10.3. The minimum atomic E-state index is -0.201. The standard InChI is InChI=1S/C16H16BrFN2/c1-10(19)14-5-3-12(17)8-16(14)20-7-6-11-2-4-13(18)9-15(11)20/h2-5,8-10H,6-7,19H2,1H3. The molecule has 2 aromatic rings. The molecule has 1 aliphatic heterocycles. The van der Waals surface area contributed by atoms with Crippen LogP contribution in [0.2, 0.25) is 0 Å². The highest BCUT2D eigenvalue weighted by Gasteiger charge is 2.23. The van der Waals surface area contributed by atoms with Crippen LogP contribution >= 0.6 is 15.9 Å². The van der Waals surface area contributed by atoms with Crippen LogP contribution in [0.5, 0.6) is 0 Å². The number of hydrogen-bond donors (Lipinski definition) is 1. The van der Waals surface area contributed by atoms with Crippen molar-refractivity contribution in [3.05, 3.63) is 57.8 Å². The Kier molecular flexibility index (Phi) is 3.52. The van der Waals surface area contributed by atoms with Crippen molar-refractivity contribution in [2.45, 2.75) is 19.4 Å². The van der Waals surface area contributed by atoms with Gasteiger partial charge in [-0.3, -0.25) is 0 Å². The van der Waals surface area contributed by atoms with E-state index in [4.69, 9.17) is 5.73 Å². The lowest BCUT2D eigenvalue weighted by molar-refractivity contribution is 0.628. The molecule has 104 valence electrons. The molecule has 4 heteroatoms. The van der Waals surface area contributed by atoms with Gasteiger partial charge in [0, 0.05) is 28.4 Å². The second-order valence-electron chi connectivity index (χ2n) is 5.17. The molecule has 0 aromatic heterocycles. The fourth-order valence-electron chi connectivity index (χ4n) is 2.74. The van der Waals surface area contributed by atoms with Gasteiger partial charge in [-0.05, 0) is 48.7 Å². The van der Waals surface area contributed by atoms with Gasteiger partial charge in [-0.1, -0.05) is 28.1 Å². The monoisotopic (exact) mass is 334 g/mol. The molecule has 2 N–H and O–H groups in total. The van der Waals surface area contributed by atoms with Crippen molar-refractivity contribution in [3.63, 3.8) is 0 Å². The Balaban J connectivity index is 2.12. The van der Waals surface area contributed by atoms with Crippen molar-refractivity contribution < 1.29 is 4.39 Å². The maximum atomic E-state index is 13.5. The minimum absolute atomic E-state index is 0.0595. The molecule has 20 heavy (non-hydrogen) atoms. The number of halogens is 2. The van der Waals surface area contributed by atoms with Crippen molar-refractivity contribution in [2.75, 3.05) is 11.4 Å². The van der Waals surface area contributed by atoms with Crippen molar-refractivity contribution in [1.82, 2.24) is 0 Å². The molecule has 2 nitrogen and oxygen atoms in total. The van der Waals surface area contributed by atoms with E-state index >= 15 is 0 Å². The third kappa shape index (κ3) is 2.34. The summed E-state index contributed by atoms with van der Waals surface area (Å²) in [6.07, 6.45) is 0.931. The summed E-state index contributed by atoms with van der Waals surface area (Å²) in [5, 5.41) is 0. The molecule has 0 spiro atoms. The molecule has 3 rings (SSSR count). The van der Waals surface area contributed by atoms with Gasteiger partial charge in [-0.25, -0.2) is 4.39 Å². The highest BCUT2D eigenvalue weighted by molar-refractivity contribution is 9.10. The van der Waals surface area contributed by atoms with E-state index in [1.54, 1.807) is 6.07 Å². The first kappa shape index (κ1) is 13.6. The van der Waals surface area contributed by atoms with Crippen LogP contribution in [0.3, 0.4) is 0 Å². The van der Waals surface area contributed by atoms with Gasteiger partial charge in [0.1, 0.15) is 5.82 Å². The summed E-state index contributed by atoms with van der Waals surface area (Å²) >= 11 is 3.51. The second-order valence-corrected chi connectivity index (χ2v) is 6.08. The fourth-order valence-corrected chi connectivity index (χ4v) is 3.09. The van der Waals surface area contributed by atoms with Crippen LogP contribution in [0.25, 0.3) is 0 Å². The molecule has 0 fully saturated rings. The van der Waals surface area contributed by atoms with Crippen molar-refractivity contribution in [1.29, 1.82) is 0 Å². The number of hydrogen-bond acceptors (Lipinski definition) is 2. The lowest BCUT2D eigenvalue weighted by atomic mass is 10.1. The maximum Gasteiger partial charge on any atom is 0.125 e. The second kappa shape index (κ2) is 5.19. The van der Waals surface area contributed by atoms with Gasteiger partial charge >= 0.3 is 0 Å². The molecule has 0 saturated carbocycles. The molecule has 0 aliphatic carbocycles. The SMILES string of the molecule is CC(N)c1ccc(Br)cc1N1CCc2ccc(F)cc21. The summed E-state index contributed by atoms with van der Waals surface area (Å²) < 4.78 is 14.5. The summed E-state index contributed by atoms with van der Waals surface area (Å²) in [4.78, 5) is 2.15. The third-order valence-corrected chi connectivity index (χ3v) is 4.21. The van der Waals surface area contributed by atoms with Gasteiger partial charge in [0.25, 0.3) is 0 Å². The zero-order valence-electron chi connectivity index (χ0n) is 11.2. The van der Waals surface area contributed by atoms with Crippen LogP contribution in [-0.2, 0) is 6.42 Å². The Hall–Kier alpha value is -1.39. The Morgan fingerprint density at radius 3 is 2.75 bits per heavy atom. The van der Waals surface area contributed by atoms with Crippen LogP contribution in [0.4, 0.5) is 15.8 Å². The summed E-state index contributed by atoms with van der Waals surface area (Å²) in [6.45, 7) is 2.82. The molecule has 1 unspecified atom stereocenters. The molecular weight excluding hydrogens is 319 g/mol. The smallest absolute Gasteiger partial charge is 0.125 e. The molecule has 0 radical (unpaired) electrons. The van der Waals surface area contributed by atoms with E-state index in [1.165, 1.54) is 11.6 Å². The van der Waals surface area contributed by atoms with E-state index in [9.17, 15) is 4.39 Å². The van der Waals surface area contributed by atoms with E-state index in [-0.39, 0.29) is 11.9 Å². The Morgan fingerprint density at radius 2 is 2.00 bits per heavy atom. The third-order valence-electron chi connectivity index (χ3n) is 3.72. The summed E-state index contributed by atoms with van der Waals surface area (Å²) in [6, 6.07) is 11.0. The summed E-state index contributed by atoms with van der Waals surface area (Å²) in [5.74, 6) is -0.201. The van der Waals surface area contributed by atoms with E-state index in [1.807, 2.05) is 25.1 Å². The summed E-state index contributed by atoms with van der Waals surface area (Å²) in [7, 11) is 0. The zero-order valence-corrected chi connectivity index (χ0v) is 12.8. The number of nitrogens with zero attached hydrogens (tertiary/aromatic N) is 1. The molecule has 1 atom stereocenters. The number of benzene rings is 2. The maximum absolute atomic E-state index is 13.5. The largest absolute Gasteiger partial charge is 0.341 e. The Morgan fingerprint density at radius 1 is 1.20 bits per heavy atom. The lowest BCUT2D eigenvalue weighted by Crippen LogP contribution is -2.18. The first-order valence-corrected chi connectivity index (χ1v) is 7.46. The topological polar surface area (TPSA) is 29.3 Å². The molecular formula is C16H16BrFN2. The first-order chi connectivity index (χ1) is 9.56. The number of rotatable bonds is 2. The normalized spacial score (nSPS) is 15.3. The van der Waals surface area contributed by atoms with Gasteiger partial charge < -0.3 is 10.6 Å². The van der Waals surface area contributed by atoms with Crippen molar-refractivity contribution in [2.24, 2.45) is 5.73 Å². The fraction of sp³-hybridized carbons (Fsp3) is 0.250. The van der Waals surface area contributed by atoms with E-state index in [0.717, 1.165) is 34.4 Å². The number of fused-ring (bicyclic) bond motifs is 1. The van der Waals surface area contributed by atoms with E-state index in [0.29, 0.717) is 0 Å². The van der Waals surface area contributed by atoms with Gasteiger partial charge in [0.2, 0.25) is 0 Å². The van der Waals surface area contributed by atoms with Crippen LogP contribution in [0.1, 0.15) is 24.1 Å². The quantitative estimate of drug-likeness (QED) is 0.886. The number of anilines is 2. The van der Waals surface area contributed by atoms with Crippen LogP contribution in [-0.4, -0.2) is 6.54 Å². The van der Waals surface area contributed by atoms with Gasteiger partial charge in [0.05, 0.1) is 0 Å². The Bertz CT molecular complexity index is 655. The highest BCUT2D eigenvalue weighted by Crippen LogP contribution is 2.39.